The second-order valence-corrected chi connectivity index (χ2v) is 12.4. The molecule has 0 atom stereocenters. The largest absolute Gasteiger partial charge is 0.0985 e. The Morgan fingerprint density at radius 3 is 1.29 bits per heavy atom. The molecule has 0 bridgehead atoms. The van der Waals surface area contributed by atoms with E-state index in [1.54, 1.807) is 0 Å². The van der Waals surface area contributed by atoms with Gasteiger partial charge in [0.05, 0.1) is 0 Å². The highest BCUT2D eigenvalue weighted by molar-refractivity contribution is 6.19. The predicted molar refractivity (Wildman–Crippen MR) is 212 cm³/mol. The van der Waals surface area contributed by atoms with Crippen LogP contribution in [0.15, 0.2) is 195 Å². The van der Waals surface area contributed by atoms with Crippen molar-refractivity contribution in [2.45, 2.75) is 6.92 Å². The van der Waals surface area contributed by atoms with Crippen molar-refractivity contribution in [1.29, 1.82) is 0 Å². The Balaban J connectivity index is 1.47. The molecule has 0 nitrogen and oxygen atoms in total. The molecule has 0 spiro atoms. The van der Waals surface area contributed by atoms with E-state index in [4.69, 9.17) is 0 Å². The van der Waals surface area contributed by atoms with Crippen molar-refractivity contribution in [3.05, 3.63) is 200 Å². The molecule has 0 heterocycles. The van der Waals surface area contributed by atoms with Gasteiger partial charge in [0.15, 0.2) is 0 Å². The Labute approximate surface area is 289 Å². The Hall–Kier alpha value is -6.24. The molecule has 0 heteroatoms. The van der Waals surface area contributed by atoms with Gasteiger partial charge in [-0.3, -0.25) is 0 Å². The topological polar surface area (TPSA) is 0 Å². The Kier molecular flexibility index (Phi) is 8.05. The maximum absolute atomic E-state index is 4.18. The summed E-state index contributed by atoms with van der Waals surface area (Å²) in [6.45, 7) is 6.27. The van der Waals surface area contributed by atoms with Crippen LogP contribution in [0.4, 0.5) is 0 Å². The molecule has 0 aliphatic carbocycles. The van der Waals surface area contributed by atoms with Gasteiger partial charge in [-0.05, 0) is 101 Å². The summed E-state index contributed by atoms with van der Waals surface area (Å²) in [5.74, 6) is 0. The van der Waals surface area contributed by atoms with E-state index in [0.717, 1.165) is 5.57 Å². The summed E-state index contributed by atoms with van der Waals surface area (Å²) in [4.78, 5) is 0. The summed E-state index contributed by atoms with van der Waals surface area (Å²) in [6, 6.07) is 63.8. The van der Waals surface area contributed by atoms with Gasteiger partial charge < -0.3 is 0 Å². The fourth-order valence-corrected chi connectivity index (χ4v) is 7.45. The first-order valence-electron chi connectivity index (χ1n) is 16.9. The second kappa shape index (κ2) is 13.1. The van der Waals surface area contributed by atoms with Gasteiger partial charge in [0.25, 0.3) is 0 Å². The van der Waals surface area contributed by atoms with Gasteiger partial charge in [0, 0.05) is 0 Å². The van der Waals surface area contributed by atoms with Crippen LogP contribution in [0, 0.1) is 0 Å². The molecule has 0 unspecified atom stereocenters. The lowest BCUT2D eigenvalue weighted by molar-refractivity contribution is 1.55. The van der Waals surface area contributed by atoms with E-state index >= 15 is 0 Å². The molecule has 0 amide bonds. The minimum Gasteiger partial charge on any atom is -0.0985 e. The molecule has 8 aromatic carbocycles. The summed E-state index contributed by atoms with van der Waals surface area (Å²) >= 11 is 0. The van der Waals surface area contributed by atoms with E-state index in [9.17, 15) is 0 Å². The summed E-state index contributed by atoms with van der Waals surface area (Å²) in [6.07, 6.45) is 4.14. The Bertz CT molecular complexity index is 2440. The van der Waals surface area contributed by atoms with Crippen molar-refractivity contribution in [1.82, 2.24) is 0 Å². The molecular weight excluding hydrogens is 589 g/mol. The minimum atomic E-state index is 1.14. The Morgan fingerprint density at radius 1 is 0.388 bits per heavy atom. The summed E-state index contributed by atoms with van der Waals surface area (Å²) in [5.41, 5.74) is 14.5. The fourth-order valence-electron chi connectivity index (χ4n) is 7.45. The standard InChI is InChI=1S/C49H36/c1-3-34(4-2)48-43-27-15-17-29-45(43)49(46-30-18-16-28-44(46)48)37-31-32-42(40-25-13-11-23-38(40)35-19-7-5-8-20-35)47(33-37)41-26-14-12-24-39(41)36-21-9-6-10-22-36/h3-33H,1H2,2H3/b34-4+. The molecule has 0 radical (unpaired) electrons. The lowest BCUT2D eigenvalue weighted by atomic mass is 9.82. The molecule has 0 N–H and O–H groups in total. The minimum absolute atomic E-state index is 1.14. The molecule has 0 saturated heterocycles. The maximum Gasteiger partial charge on any atom is -0.00261 e. The van der Waals surface area contributed by atoms with Crippen molar-refractivity contribution in [3.63, 3.8) is 0 Å². The normalized spacial score (nSPS) is 11.6. The Morgan fingerprint density at radius 2 is 0.796 bits per heavy atom. The fraction of sp³-hybridized carbons (Fsp3) is 0.0204. The first-order chi connectivity index (χ1) is 24.3. The summed E-state index contributed by atoms with van der Waals surface area (Å²) < 4.78 is 0. The predicted octanol–water partition coefficient (Wildman–Crippen LogP) is 13.9. The number of hydrogen-bond acceptors (Lipinski definition) is 0. The van der Waals surface area contributed by atoms with E-state index in [1.807, 2.05) is 6.08 Å². The van der Waals surface area contributed by atoms with E-state index in [0.29, 0.717) is 0 Å². The molecule has 8 aromatic rings. The van der Waals surface area contributed by atoms with Gasteiger partial charge in [-0.25, -0.2) is 0 Å². The van der Waals surface area contributed by atoms with Gasteiger partial charge in [0.1, 0.15) is 0 Å². The third kappa shape index (κ3) is 5.38. The zero-order chi connectivity index (χ0) is 33.2. The van der Waals surface area contributed by atoms with E-state index in [1.165, 1.54) is 82.7 Å². The maximum atomic E-state index is 4.18. The summed E-state index contributed by atoms with van der Waals surface area (Å²) in [5, 5.41) is 4.93. The average molecular weight is 625 g/mol. The lowest BCUT2D eigenvalue weighted by Gasteiger charge is -2.21. The van der Waals surface area contributed by atoms with Gasteiger partial charge in [-0.1, -0.05) is 189 Å². The number of rotatable bonds is 7. The average Bonchev–Trinajstić information content (AvgIpc) is 3.18. The number of benzene rings is 8. The number of fused-ring (bicyclic) bond motifs is 2. The smallest absolute Gasteiger partial charge is 0.00261 e. The quantitative estimate of drug-likeness (QED) is 0.122. The first-order valence-corrected chi connectivity index (χ1v) is 16.9. The van der Waals surface area contributed by atoms with Crippen molar-refractivity contribution < 1.29 is 0 Å². The molecule has 0 fully saturated rings. The second-order valence-electron chi connectivity index (χ2n) is 12.4. The highest BCUT2D eigenvalue weighted by atomic mass is 14.2. The van der Waals surface area contributed by atoms with Crippen LogP contribution >= 0.6 is 0 Å². The third-order valence-electron chi connectivity index (χ3n) is 9.66. The van der Waals surface area contributed by atoms with Crippen molar-refractivity contribution in [2.24, 2.45) is 0 Å². The van der Waals surface area contributed by atoms with Crippen LogP contribution in [0.1, 0.15) is 12.5 Å². The van der Waals surface area contributed by atoms with Crippen LogP contribution in [0.5, 0.6) is 0 Å². The van der Waals surface area contributed by atoms with Crippen LogP contribution in [0.25, 0.3) is 82.8 Å². The molecule has 0 aliphatic rings. The van der Waals surface area contributed by atoms with Crippen LogP contribution in [0.3, 0.4) is 0 Å². The van der Waals surface area contributed by atoms with Crippen LogP contribution in [0.2, 0.25) is 0 Å². The van der Waals surface area contributed by atoms with E-state index in [2.05, 4.69) is 196 Å². The number of allylic oxidation sites excluding steroid dienone is 3. The van der Waals surface area contributed by atoms with Crippen molar-refractivity contribution in [2.75, 3.05) is 0 Å². The van der Waals surface area contributed by atoms with Crippen molar-refractivity contribution in [3.8, 4) is 55.6 Å². The molecule has 0 saturated carbocycles. The van der Waals surface area contributed by atoms with E-state index in [-0.39, 0.29) is 0 Å². The molecule has 0 aliphatic heterocycles. The van der Waals surface area contributed by atoms with Gasteiger partial charge in [-0.15, -0.1) is 0 Å². The molecule has 232 valence electrons. The molecular formula is C49H36. The lowest BCUT2D eigenvalue weighted by Crippen LogP contribution is -1.95. The monoisotopic (exact) mass is 624 g/mol. The SMILES string of the molecule is C=C/C(=C\C)c1c2ccccc2c(-c2ccc(-c3ccccc3-c3ccccc3)c(-c3ccccc3-c3ccccc3)c2)c2ccccc12. The molecule has 0 aromatic heterocycles. The highest BCUT2D eigenvalue weighted by Crippen LogP contribution is 2.46. The third-order valence-corrected chi connectivity index (χ3v) is 9.66. The van der Waals surface area contributed by atoms with Crippen molar-refractivity contribution >= 4 is 27.1 Å². The van der Waals surface area contributed by atoms with Crippen LogP contribution in [-0.2, 0) is 0 Å². The van der Waals surface area contributed by atoms with E-state index < -0.39 is 0 Å². The van der Waals surface area contributed by atoms with Crippen LogP contribution in [-0.4, -0.2) is 0 Å². The van der Waals surface area contributed by atoms with Gasteiger partial charge >= 0.3 is 0 Å². The molecule has 8 rings (SSSR count). The first kappa shape index (κ1) is 30.1. The number of hydrogen-bond donors (Lipinski definition) is 0. The highest BCUT2D eigenvalue weighted by Gasteiger charge is 2.20. The summed E-state index contributed by atoms with van der Waals surface area (Å²) in [7, 11) is 0. The zero-order valence-corrected chi connectivity index (χ0v) is 27.6. The van der Waals surface area contributed by atoms with Gasteiger partial charge in [-0.2, -0.15) is 0 Å². The van der Waals surface area contributed by atoms with Crippen LogP contribution < -0.4 is 0 Å². The van der Waals surface area contributed by atoms with Gasteiger partial charge in [0.2, 0.25) is 0 Å². The molecule has 49 heavy (non-hydrogen) atoms. The zero-order valence-electron chi connectivity index (χ0n) is 27.6.